The number of hydrogen-bond acceptors (Lipinski definition) is 4. The number of aliphatic hydroxyl groups excluding tert-OH is 1. The molecular formula is C13H20N2O2. The van der Waals surface area contributed by atoms with Crippen LogP contribution < -0.4 is 4.74 Å². The zero-order chi connectivity index (χ0) is 12.3. The highest BCUT2D eigenvalue weighted by Crippen LogP contribution is 2.26. The van der Waals surface area contributed by atoms with E-state index in [2.05, 4.69) is 16.9 Å². The van der Waals surface area contributed by atoms with E-state index >= 15 is 0 Å². The van der Waals surface area contributed by atoms with E-state index in [1.165, 1.54) is 12.8 Å². The van der Waals surface area contributed by atoms with Crippen molar-refractivity contribution in [3.8, 4) is 6.01 Å². The fourth-order valence-corrected chi connectivity index (χ4v) is 2.37. The Bertz CT molecular complexity index is 382. The maximum atomic E-state index is 9.09. The Labute approximate surface area is 102 Å². The van der Waals surface area contributed by atoms with Crippen molar-refractivity contribution in [2.45, 2.75) is 52.2 Å². The van der Waals surface area contributed by atoms with Crippen molar-refractivity contribution in [2.24, 2.45) is 5.92 Å². The molecule has 1 aliphatic rings. The van der Waals surface area contributed by atoms with Gasteiger partial charge in [-0.1, -0.05) is 13.3 Å². The fourth-order valence-electron chi connectivity index (χ4n) is 2.37. The quantitative estimate of drug-likeness (QED) is 0.874. The van der Waals surface area contributed by atoms with E-state index in [0.717, 1.165) is 24.5 Å². The second-order valence-electron chi connectivity index (χ2n) is 4.95. The van der Waals surface area contributed by atoms with Gasteiger partial charge in [-0.25, -0.2) is 4.98 Å². The number of aliphatic hydroxyl groups is 1. The van der Waals surface area contributed by atoms with Gasteiger partial charge in [-0.3, -0.25) is 0 Å². The molecule has 0 spiro atoms. The number of hydrogen-bond donors (Lipinski definition) is 1. The Balaban J connectivity index is 2.04. The van der Waals surface area contributed by atoms with Crippen molar-refractivity contribution in [1.82, 2.24) is 9.97 Å². The summed E-state index contributed by atoms with van der Waals surface area (Å²) in [5, 5.41) is 9.09. The third-order valence-electron chi connectivity index (χ3n) is 3.21. The highest BCUT2D eigenvalue weighted by atomic mass is 16.5. The minimum atomic E-state index is -0.0687. The van der Waals surface area contributed by atoms with E-state index in [1.54, 1.807) is 6.07 Å². The number of ether oxygens (including phenoxy) is 1. The Kier molecular flexibility index (Phi) is 3.94. The van der Waals surface area contributed by atoms with Crippen LogP contribution in [0, 0.1) is 12.8 Å². The highest BCUT2D eigenvalue weighted by molar-refractivity contribution is 5.12. The second-order valence-corrected chi connectivity index (χ2v) is 4.95. The fraction of sp³-hybridized carbons (Fsp3) is 0.692. The summed E-state index contributed by atoms with van der Waals surface area (Å²) < 4.78 is 5.82. The first-order chi connectivity index (χ1) is 8.17. The summed E-state index contributed by atoms with van der Waals surface area (Å²) in [5.74, 6) is 0.718. The molecule has 4 nitrogen and oxygen atoms in total. The molecule has 1 saturated carbocycles. The Morgan fingerprint density at radius 1 is 1.41 bits per heavy atom. The molecule has 94 valence electrons. The third kappa shape index (κ3) is 3.40. The van der Waals surface area contributed by atoms with Gasteiger partial charge in [0.2, 0.25) is 0 Å². The smallest absolute Gasteiger partial charge is 0.317 e. The van der Waals surface area contributed by atoms with E-state index in [1.807, 2.05) is 6.92 Å². The first kappa shape index (κ1) is 12.3. The topological polar surface area (TPSA) is 55.2 Å². The van der Waals surface area contributed by atoms with Crippen LogP contribution in [0.5, 0.6) is 6.01 Å². The van der Waals surface area contributed by atoms with Crippen molar-refractivity contribution < 1.29 is 9.84 Å². The molecule has 0 aromatic carbocycles. The molecule has 0 radical (unpaired) electrons. The van der Waals surface area contributed by atoms with Crippen molar-refractivity contribution in [2.75, 3.05) is 0 Å². The first-order valence-electron chi connectivity index (χ1n) is 6.29. The van der Waals surface area contributed by atoms with Crippen LogP contribution in [0.15, 0.2) is 6.07 Å². The molecule has 4 heteroatoms. The van der Waals surface area contributed by atoms with Crippen LogP contribution in [0.25, 0.3) is 0 Å². The normalized spacial score (nSPS) is 24.6. The van der Waals surface area contributed by atoms with Crippen molar-refractivity contribution in [3.05, 3.63) is 17.5 Å². The van der Waals surface area contributed by atoms with Crippen molar-refractivity contribution in [1.29, 1.82) is 0 Å². The maximum Gasteiger partial charge on any atom is 0.317 e. The molecule has 1 aromatic rings. The number of rotatable bonds is 3. The molecule has 1 N–H and O–H groups in total. The van der Waals surface area contributed by atoms with E-state index < -0.39 is 0 Å². The molecule has 1 aliphatic carbocycles. The summed E-state index contributed by atoms with van der Waals surface area (Å²) in [7, 11) is 0. The van der Waals surface area contributed by atoms with Crippen LogP contribution in [0.3, 0.4) is 0 Å². The van der Waals surface area contributed by atoms with Gasteiger partial charge in [0.25, 0.3) is 0 Å². The predicted molar refractivity (Wildman–Crippen MR) is 64.7 cm³/mol. The van der Waals surface area contributed by atoms with Crippen LogP contribution in [-0.2, 0) is 6.61 Å². The predicted octanol–water partition coefficient (Wildman–Crippen LogP) is 2.23. The minimum Gasteiger partial charge on any atom is -0.460 e. The van der Waals surface area contributed by atoms with Gasteiger partial charge in [0, 0.05) is 5.69 Å². The minimum absolute atomic E-state index is 0.0687. The van der Waals surface area contributed by atoms with Crippen LogP contribution in [0.2, 0.25) is 0 Å². The lowest BCUT2D eigenvalue weighted by molar-refractivity contribution is 0.117. The highest BCUT2D eigenvalue weighted by Gasteiger charge is 2.21. The second kappa shape index (κ2) is 5.45. The summed E-state index contributed by atoms with van der Waals surface area (Å²) in [5.41, 5.74) is 1.46. The zero-order valence-electron chi connectivity index (χ0n) is 10.5. The summed E-state index contributed by atoms with van der Waals surface area (Å²) in [6.45, 7) is 4.07. The van der Waals surface area contributed by atoms with E-state index in [9.17, 15) is 0 Å². The standard InChI is InChI=1S/C13H20N2O2/c1-9-4-3-5-12(6-9)17-13-14-10(2)7-11(8-16)15-13/h7,9,12,16H,3-6,8H2,1-2H3. The molecule has 0 saturated heterocycles. The van der Waals surface area contributed by atoms with Gasteiger partial charge in [0.05, 0.1) is 12.3 Å². The van der Waals surface area contributed by atoms with Crippen molar-refractivity contribution in [3.63, 3.8) is 0 Å². The average molecular weight is 236 g/mol. The largest absolute Gasteiger partial charge is 0.460 e. The number of nitrogens with zero attached hydrogens (tertiary/aromatic N) is 2. The number of aryl methyl sites for hydroxylation is 1. The molecule has 1 aromatic heterocycles. The molecule has 0 aliphatic heterocycles. The molecule has 2 rings (SSSR count). The Morgan fingerprint density at radius 2 is 2.24 bits per heavy atom. The lowest BCUT2D eigenvalue weighted by atomic mass is 9.89. The van der Waals surface area contributed by atoms with Crippen molar-refractivity contribution >= 4 is 0 Å². The molecule has 1 heterocycles. The summed E-state index contributed by atoms with van der Waals surface area (Å²) in [4.78, 5) is 8.44. The summed E-state index contributed by atoms with van der Waals surface area (Å²) in [6.07, 6.45) is 4.88. The molecule has 17 heavy (non-hydrogen) atoms. The molecule has 0 bridgehead atoms. The van der Waals surface area contributed by atoms with Gasteiger partial charge in [0.1, 0.15) is 6.10 Å². The Morgan fingerprint density at radius 3 is 2.94 bits per heavy atom. The summed E-state index contributed by atoms with van der Waals surface area (Å²) in [6, 6.07) is 2.18. The monoisotopic (exact) mass is 236 g/mol. The van der Waals surface area contributed by atoms with Crippen LogP contribution in [-0.4, -0.2) is 21.2 Å². The van der Waals surface area contributed by atoms with Gasteiger partial charge in [-0.15, -0.1) is 0 Å². The van der Waals surface area contributed by atoms with E-state index in [4.69, 9.17) is 9.84 Å². The summed E-state index contributed by atoms with van der Waals surface area (Å²) >= 11 is 0. The first-order valence-corrected chi connectivity index (χ1v) is 6.29. The van der Waals surface area contributed by atoms with Crippen LogP contribution in [0.1, 0.15) is 44.0 Å². The lowest BCUT2D eigenvalue weighted by Gasteiger charge is -2.26. The Hall–Kier alpha value is -1.16. The van der Waals surface area contributed by atoms with E-state index in [0.29, 0.717) is 11.7 Å². The lowest BCUT2D eigenvalue weighted by Crippen LogP contribution is -2.25. The third-order valence-corrected chi connectivity index (χ3v) is 3.21. The molecular weight excluding hydrogens is 216 g/mol. The van der Waals surface area contributed by atoms with Gasteiger partial charge < -0.3 is 9.84 Å². The molecule has 2 unspecified atom stereocenters. The molecule has 0 amide bonds. The van der Waals surface area contributed by atoms with E-state index in [-0.39, 0.29) is 12.7 Å². The zero-order valence-corrected chi connectivity index (χ0v) is 10.5. The SMILES string of the molecule is Cc1cc(CO)nc(OC2CCCC(C)C2)n1. The van der Waals surface area contributed by atoms with Gasteiger partial charge in [-0.2, -0.15) is 4.98 Å². The average Bonchev–Trinajstić information content (AvgIpc) is 2.28. The van der Waals surface area contributed by atoms with Crippen LogP contribution >= 0.6 is 0 Å². The maximum absolute atomic E-state index is 9.09. The number of aromatic nitrogens is 2. The van der Waals surface area contributed by atoms with Gasteiger partial charge in [-0.05, 0) is 38.2 Å². The van der Waals surface area contributed by atoms with Gasteiger partial charge >= 0.3 is 6.01 Å². The van der Waals surface area contributed by atoms with Gasteiger partial charge in [0.15, 0.2) is 0 Å². The molecule has 2 atom stereocenters. The molecule has 1 fully saturated rings. The van der Waals surface area contributed by atoms with Crippen LogP contribution in [0.4, 0.5) is 0 Å².